The molecule has 6 nitrogen and oxygen atoms in total. The summed E-state index contributed by atoms with van der Waals surface area (Å²) in [5, 5.41) is 2.96. The van der Waals surface area contributed by atoms with E-state index in [0.717, 1.165) is 16.6 Å². The minimum absolute atomic E-state index is 0.166. The van der Waals surface area contributed by atoms with Crippen molar-refractivity contribution in [3.63, 3.8) is 0 Å². The highest BCUT2D eigenvalue weighted by atomic mass is 16.7. The SMILES string of the molecule is COC[C@@H]1COc2c(cc(B3OC(C)(C)C(C)(C)O3)c(C)c2C)C(=O)N1. The van der Waals surface area contributed by atoms with E-state index in [4.69, 9.17) is 18.8 Å². The fourth-order valence-corrected chi connectivity index (χ4v) is 3.27. The van der Waals surface area contributed by atoms with Crippen molar-refractivity contribution < 1.29 is 23.6 Å². The molecule has 1 aromatic rings. The summed E-state index contributed by atoms with van der Waals surface area (Å²) in [6.07, 6.45) is 0. The predicted octanol–water partition coefficient (Wildman–Crippen LogP) is 1.74. The number of carbonyl (C=O) groups excluding carboxylic acids is 1. The highest BCUT2D eigenvalue weighted by molar-refractivity contribution is 6.62. The number of rotatable bonds is 3. The van der Waals surface area contributed by atoms with Crippen molar-refractivity contribution >= 4 is 18.5 Å². The van der Waals surface area contributed by atoms with Gasteiger partial charge in [-0.25, -0.2) is 0 Å². The molecule has 7 heteroatoms. The maximum absolute atomic E-state index is 12.7. The average molecular weight is 361 g/mol. The van der Waals surface area contributed by atoms with Gasteiger partial charge in [-0.05, 0) is 64.2 Å². The highest BCUT2D eigenvalue weighted by Crippen LogP contribution is 2.37. The lowest BCUT2D eigenvalue weighted by atomic mass is 9.74. The molecule has 0 aliphatic carbocycles. The van der Waals surface area contributed by atoms with Crippen LogP contribution in [0, 0.1) is 13.8 Å². The lowest BCUT2D eigenvalue weighted by Gasteiger charge is -2.32. The van der Waals surface area contributed by atoms with Crippen molar-refractivity contribution in [2.75, 3.05) is 20.3 Å². The van der Waals surface area contributed by atoms with E-state index in [1.54, 1.807) is 7.11 Å². The summed E-state index contributed by atoms with van der Waals surface area (Å²) in [6.45, 7) is 12.8. The number of benzene rings is 1. The quantitative estimate of drug-likeness (QED) is 0.831. The monoisotopic (exact) mass is 361 g/mol. The Morgan fingerprint density at radius 2 is 1.81 bits per heavy atom. The summed E-state index contributed by atoms with van der Waals surface area (Å²) < 4.78 is 23.5. The van der Waals surface area contributed by atoms with Gasteiger partial charge in [-0.15, -0.1) is 0 Å². The molecule has 1 amide bonds. The molecule has 1 atom stereocenters. The van der Waals surface area contributed by atoms with Crippen molar-refractivity contribution in [2.24, 2.45) is 0 Å². The van der Waals surface area contributed by atoms with Crippen LogP contribution in [0.2, 0.25) is 0 Å². The molecule has 1 saturated heterocycles. The van der Waals surface area contributed by atoms with Crippen LogP contribution >= 0.6 is 0 Å². The van der Waals surface area contributed by atoms with E-state index in [9.17, 15) is 4.79 Å². The average Bonchev–Trinajstić information content (AvgIpc) is 2.66. The zero-order chi connectivity index (χ0) is 19.3. The van der Waals surface area contributed by atoms with Crippen LogP contribution in [0.3, 0.4) is 0 Å². The van der Waals surface area contributed by atoms with Crippen LogP contribution in [0.25, 0.3) is 0 Å². The zero-order valence-corrected chi connectivity index (χ0v) is 16.7. The molecule has 2 aliphatic rings. The number of hydrogen-bond acceptors (Lipinski definition) is 5. The van der Waals surface area contributed by atoms with Gasteiger partial charge in [0.05, 0.1) is 29.4 Å². The first-order chi connectivity index (χ1) is 12.1. The zero-order valence-electron chi connectivity index (χ0n) is 16.7. The smallest absolute Gasteiger partial charge is 0.490 e. The number of amides is 1. The second-order valence-corrected chi connectivity index (χ2v) is 8.12. The fraction of sp³-hybridized carbons (Fsp3) is 0.632. The predicted molar refractivity (Wildman–Crippen MR) is 100 cm³/mol. The molecule has 1 aromatic carbocycles. The van der Waals surface area contributed by atoms with Crippen molar-refractivity contribution in [3.8, 4) is 5.75 Å². The van der Waals surface area contributed by atoms with Crippen molar-refractivity contribution in [1.29, 1.82) is 0 Å². The van der Waals surface area contributed by atoms with Crippen LogP contribution in [-0.2, 0) is 14.0 Å². The topological polar surface area (TPSA) is 66.0 Å². The van der Waals surface area contributed by atoms with E-state index < -0.39 is 18.3 Å². The van der Waals surface area contributed by atoms with Gasteiger partial charge in [-0.3, -0.25) is 4.79 Å². The molecule has 0 aromatic heterocycles. The van der Waals surface area contributed by atoms with Crippen LogP contribution < -0.4 is 15.5 Å². The minimum atomic E-state index is -0.519. The molecule has 2 heterocycles. The molecular formula is C19H28BNO5. The summed E-state index contributed by atoms with van der Waals surface area (Å²) in [6, 6.07) is 1.66. The Hall–Kier alpha value is -1.57. The first-order valence-electron chi connectivity index (χ1n) is 8.99. The van der Waals surface area contributed by atoms with Gasteiger partial charge >= 0.3 is 7.12 Å². The summed E-state index contributed by atoms with van der Waals surface area (Å²) in [5.41, 5.74) is 2.45. The molecule has 1 fully saturated rings. The van der Waals surface area contributed by atoms with E-state index >= 15 is 0 Å². The molecule has 0 radical (unpaired) electrons. The molecule has 26 heavy (non-hydrogen) atoms. The lowest BCUT2D eigenvalue weighted by Crippen LogP contribution is -2.41. The molecule has 0 spiro atoms. The second-order valence-electron chi connectivity index (χ2n) is 8.12. The maximum Gasteiger partial charge on any atom is 0.495 e. The Balaban J connectivity index is 2.00. The second kappa shape index (κ2) is 6.55. The number of hydrogen-bond donors (Lipinski definition) is 1. The molecule has 1 N–H and O–H groups in total. The fourth-order valence-electron chi connectivity index (χ4n) is 3.27. The lowest BCUT2D eigenvalue weighted by molar-refractivity contribution is 0.00578. The Kier molecular flexibility index (Phi) is 4.84. The number of fused-ring (bicyclic) bond motifs is 1. The normalized spacial score (nSPS) is 23.9. The van der Waals surface area contributed by atoms with E-state index in [1.807, 2.05) is 47.6 Å². The van der Waals surface area contributed by atoms with Crippen LogP contribution in [0.1, 0.15) is 49.2 Å². The van der Waals surface area contributed by atoms with Crippen LogP contribution in [0.4, 0.5) is 0 Å². The third-order valence-electron chi connectivity index (χ3n) is 5.76. The third kappa shape index (κ3) is 3.12. The van der Waals surface area contributed by atoms with E-state index in [-0.39, 0.29) is 11.9 Å². The van der Waals surface area contributed by atoms with E-state index in [1.165, 1.54) is 0 Å². The summed E-state index contributed by atoms with van der Waals surface area (Å²) in [7, 11) is 1.09. The van der Waals surface area contributed by atoms with Crippen molar-refractivity contribution in [2.45, 2.75) is 58.8 Å². The molecule has 0 bridgehead atoms. The minimum Gasteiger partial charge on any atom is -0.490 e. The van der Waals surface area contributed by atoms with Gasteiger partial charge in [0, 0.05) is 7.11 Å². The molecule has 0 unspecified atom stereocenters. The Morgan fingerprint density at radius 1 is 1.19 bits per heavy atom. The number of methoxy groups -OCH3 is 1. The Morgan fingerprint density at radius 3 is 2.38 bits per heavy atom. The summed E-state index contributed by atoms with van der Waals surface area (Å²) >= 11 is 0. The first kappa shape index (κ1) is 19.2. The van der Waals surface area contributed by atoms with Gasteiger partial charge < -0.3 is 24.1 Å². The van der Waals surface area contributed by atoms with Gasteiger partial charge in [0.2, 0.25) is 0 Å². The largest absolute Gasteiger partial charge is 0.495 e. The van der Waals surface area contributed by atoms with Gasteiger partial charge in [0.25, 0.3) is 5.91 Å². The molecule has 0 saturated carbocycles. The third-order valence-corrected chi connectivity index (χ3v) is 5.76. The van der Waals surface area contributed by atoms with Crippen LogP contribution in [-0.4, -0.2) is 50.6 Å². The standard InChI is InChI=1S/C19H28BNO5/c1-11-12(2)16-14(17(22)21-13(9-23-7)10-24-16)8-15(11)20-25-18(3,4)19(5,6)26-20/h8,13H,9-10H2,1-7H3,(H,21,22)/t13-/m1/s1. The number of carbonyl (C=O) groups is 1. The molecule has 2 aliphatic heterocycles. The molecule has 142 valence electrons. The Bertz CT molecular complexity index is 715. The summed E-state index contributed by atoms with van der Waals surface area (Å²) in [4.78, 5) is 12.7. The highest BCUT2D eigenvalue weighted by Gasteiger charge is 2.52. The number of ether oxygens (including phenoxy) is 2. The summed E-state index contributed by atoms with van der Waals surface area (Å²) in [5.74, 6) is 0.458. The Labute approximate surface area is 155 Å². The molecular weight excluding hydrogens is 333 g/mol. The van der Waals surface area contributed by atoms with Crippen LogP contribution in [0.15, 0.2) is 6.07 Å². The molecule has 3 rings (SSSR count). The first-order valence-corrected chi connectivity index (χ1v) is 8.99. The van der Waals surface area contributed by atoms with E-state index in [0.29, 0.717) is 24.5 Å². The van der Waals surface area contributed by atoms with Gasteiger partial charge in [-0.2, -0.15) is 0 Å². The van der Waals surface area contributed by atoms with Crippen molar-refractivity contribution in [1.82, 2.24) is 5.32 Å². The number of nitrogens with one attached hydrogen (secondary N) is 1. The van der Waals surface area contributed by atoms with Gasteiger partial charge in [0.1, 0.15) is 12.4 Å². The van der Waals surface area contributed by atoms with Crippen LogP contribution in [0.5, 0.6) is 5.75 Å². The van der Waals surface area contributed by atoms with E-state index in [2.05, 4.69) is 5.32 Å². The van der Waals surface area contributed by atoms with Gasteiger partial charge in [-0.1, -0.05) is 0 Å². The van der Waals surface area contributed by atoms with Crippen molar-refractivity contribution in [3.05, 3.63) is 22.8 Å². The van der Waals surface area contributed by atoms with Gasteiger partial charge in [0.15, 0.2) is 0 Å². The maximum atomic E-state index is 12.7.